The Morgan fingerprint density at radius 1 is 1.12 bits per heavy atom. The molecule has 0 aliphatic carbocycles. The summed E-state index contributed by atoms with van der Waals surface area (Å²) < 4.78 is 10.3. The standard InChI is InChI=1S/C9H18O6S/c10-4-5-6(11)7(12)8(13)9(15-5)14-2-1-3-16/h5-13,16H,1-4H2/t5?,6-,7-,8?,9-/m0/s1. The van der Waals surface area contributed by atoms with Gasteiger partial charge >= 0.3 is 0 Å². The van der Waals surface area contributed by atoms with Crippen molar-refractivity contribution in [2.75, 3.05) is 19.0 Å². The largest absolute Gasteiger partial charge is 0.394 e. The highest BCUT2D eigenvalue weighted by Crippen LogP contribution is 2.21. The van der Waals surface area contributed by atoms with E-state index in [1.807, 2.05) is 0 Å². The molecule has 0 radical (unpaired) electrons. The summed E-state index contributed by atoms with van der Waals surface area (Å²) in [7, 11) is 0. The van der Waals surface area contributed by atoms with Crippen LogP contribution in [0.25, 0.3) is 0 Å². The van der Waals surface area contributed by atoms with E-state index in [0.29, 0.717) is 18.8 Å². The van der Waals surface area contributed by atoms with Crippen LogP contribution in [0.15, 0.2) is 0 Å². The van der Waals surface area contributed by atoms with Crippen molar-refractivity contribution in [2.45, 2.75) is 37.1 Å². The van der Waals surface area contributed by atoms with Gasteiger partial charge < -0.3 is 29.9 Å². The number of ether oxygens (including phenoxy) is 2. The maximum absolute atomic E-state index is 9.56. The molecular formula is C9H18O6S. The SMILES string of the molecule is OCC1O[C@H](OCCCS)C(O)[C@@H](O)[C@H]1O. The average molecular weight is 254 g/mol. The van der Waals surface area contributed by atoms with Gasteiger partial charge in [0, 0.05) is 0 Å². The number of hydrogen-bond donors (Lipinski definition) is 5. The van der Waals surface area contributed by atoms with E-state index in [4.69, 9.17) is 14.6 Å². The Morgan fingerprint density at radius 2 is 1.81 bits per heavy atom. The molecule has 2 unspecified atom stereocenters. The summed E-state index contributed by atoms with van der Waals surface area (Å²) in [4.78, 5) is 0. The molecule has 0 spiro atoms. The van der Waals surface area contributed by atoms with Gasteiger partial charge in [-0.15, -0.1) is 0 Å². The highest BCUT2D eigenvalue weighted by atomic mass is 32.1. The Bertz CT molecular complexity index is 202. The summed E-state index contributed by atoms with van der Waals surface area (Å²) >= 11 is 4.00. The van der Waals surface area contributed by atoms with E-state index in [2.05, 4.69) is 12.6 Å². The van der Waals surface area contributed by atoms with Gasteiger partial charge in [-0.2, -0.15) is 12.6 Å². The van der Waals surface area contributed by atoms with Crippen molar-refractivity contribution < 1.29 is 29.9 Å². The van der Waals surface area contributed by atoms with Gasteiger partial charge in [-0.1, -0.05) is 0 Å². The van der Waals surface area contributed by atoms with E-state index >= 15 is 0 Å². The normalized spacial score (nSPS) is 39.9. The van der Waals surface area contributed by atoms with Crippen LogP contribution in [0.3, 0.4) is 0 Å². The molecule has 1 heterocycles. The Labute approximate surface area is 99.2 Å². The lowest BCUT2D eigenvalue weighted by molar-refractivity contribution is -0.300. The number of aliphatic hydroxyl groups is 4. The van der Waals surface area contributed by atoms with Gasteiger partial charge in [0.15, 0.2) is 6.29 Å². The Balaban J connectivity index is 2.50. The van der Waals surface area contributed by atoms with Crippen molar-refractivity contribution in [3.05, 3.63) is 0 Å². The lowest BCUT2D eigenvalue weighted by Crippen LogP contribution is -2.59. The fourth-order valence-electron chi connectivity index (χ4n) is 1.47. The van der Waals surface area contributed by atoms with E-state index in [0.717, 1.165) is 0 Å². The predicted octanol–water partition coefficient (Wildman–Crippen LogP) is -1.88. The highest BCUT2D eigenvalue weighted by Gasteiger charge is 2.43. The second kappa shape index (κ2) is 6.75. The van der Waals surface area contributed by atoms with Crippen LogP contribution in [0, 0.1) is 0 Å². The van der Waals surface area contributed by atoms with Gasteiger partial charge in [-0.25, -0.2) is 0 Å². The van der Waals surface area contributed by atoms with E-state index in [1.165, 1.54) is 0 Å². The van der Waals surface area contributed by atoms with Crippen LogP contribution in [0.4, 0.5) is 0 Å². The molecule has 4 N–H and O–H groups in total. The summed E-state index contributed by atoms with van der Waals surface area (Å²) in [5.74, 6) is 0.636. The second-order valence-corrected chi connectivity index (χ2v) is 4.09. The first-order valence-electron chi connectivity index (χ1n) is 5.14. The van der Waals surface area contributed by atoms with Gasteiger partial charge in [0.25, 0.3) is 0 Å². The predicted molar refractivity (Wildman–Crippen MR) is 58.2 cm³/mol. The lowest BCUT2D eigenvalue weighted by atomic mass is 9.99. The Hall–Kier alpha value is 0.110. The summed E-state index contributed by atoms with van der Waals surface area (Å²) in [5.41, 5.74) is 0. The molecule has 6 nitrogen and oxygen atoms in total. The third-order valence-electron chi connectivity index (χ3n) is 2.43. The molecule has 16 heavy (non-hydrogen) atoms. The Kier molecular flexibility index (Phi) is 5.98. The zero-order valence-corrected chi connectivity index (χ0v) is 9.66. The molecule has 0 aromatic rings. The van der Waals surface area contributed by atoms with Crippen LogP contribution in [0.1, 0.15) is 6.42 Å². The smallest absolute Gasteiger partial charge is 0.186 e. The molecule has 1 saturated heterocycles. The van der Waals surface area contributed by atoms with Crippen molar-refractivity contribution in [3.8, 4) is 0 Å². The van der Waals surface area contributed by atoms with E-state index in [-0.39, 0.29) is 0 Å². The topological polar surface area (TPSA) is 99.4 Å². The van der Waals surface area contributed by atoms with Gasteiger partial charge in [0.05, 0.1) is 13.2 Å². The van der Waals surface area contributed by atoms with Gasteiger partial charge in [-0.05, 0) is 12.2 Å². The Morgan fingerprint density at radius 3 is 2.38 bits per heavy atom. The monoisotopic (exact) mass is 254 g/mol. The number of aliphatic hydroxyl groups excluding tert-OH is 4. The fourth-order valence-corrected chi connectivity index (χ4v) is 1.60. The summed E-state index contributed by atoms with van der Waals surface area (Å²) in [5, 5.41) is 37.4. The first-order valence-corrected chi connectivity index (χ1v) is 5.78. The van der Waals surface area contributed by atoms with Gasteiger partial charge in [0.1, 0.15) is 24.4 Å². The third kappa shape index (κ3) is 3.30. The molecule has 7 heteroatoms. The minimum atomic E-state index is -1.38. The van der Waals surface area contributed by atoms with Crippen LogP contribution >= 0.6 is 12.6 Å². The molecule has 0 bridgehead atoms. The third-order valence-corrected chi connectivity index (χ3v) is 2.75. The van der Waals surface area contributed by atoms with Crippen molar-refractivity contribution in [1.82, 2.24) is 0 Å². The summed E-state index contributed by atoms with van der Waals surface area (Å²) in [6.45, 7) is -0.121. The fraction of sp³-hybridized carbons (Fsp3) is 1.00. The molecule has 0 saturated carbocycles. The minimum absolute atomic E-state index is 0.326. The molecule has 1 aliphatic rings. The molecule has 96 valence electrons. The van der Waals surface area contributed by atoms with E-state index < -0.39 is 37.3 Å². The van der Waals surface area contributed by atoms with Crippen LogP contribution in [0.2, 0.25) is 0 Å². The van der Waals surface area contributed by atoms with E-state index in [9.17, 15) is 15.3 Å². The molecule has 1 rings (SSSR count). The van der Waals surface area contributed by atoms with Gasteiger partial charge in [0.2, 0.25) is 0 Å². The van der Waals surface area contributed by atoms with Crippen molar-refractivity contribution in [1.29, 1.82) is 0 Å². The number of rotatable bonds is 5. The molecule has 0 aromatic carbocycles. The quantitative estimate of drug-likeness (QED) is 0.291. The van der Waals surface area contributed by atoms with Crippen LogP contribution < -0.4 is 0 Å². The number of thiol groups is 1. The highest BCUT2D eigenvalue weighted by molar-refractivity contribution is 7.80. The minimum Gasteiger partial charge on any atom is -0.394 e. The first-order chi connectivity index (χ1) is 7.61. The summed E-state index contributed by atoms with van der Waals surface area (Å²) in [6.07, 6.45) is -5.32. The molecule has 0 aromatic heterocycles. The zero-order valence-electron chi connectivity index (χ0n) is 8.77. The number of hydrogen-bond acceptors (Lipinski definition) is 7. The summed E-state index contributed by atoms with van der Waals surface area (Å²) in [6, 6.07) is 0. The molecule has 1 aliphatic heterocycles. The average Bonchev–Trinajstić information content (AvgIpc) is 2.29. The molecule has 0 amide bonds. The van der Waals surface area contributed by atoms with Crippen molar-refractivity contribution >= 4 is 12.6 Å². The van der Waals surface area contributed by atoms with E-state index in [1.54, 1.807) is 0 Å². The van der Waals surface area contributed by atoms with Crippen LogP contribution in [-0.2, 0) is 9.47 Å². The second-order valence-electron chi connectivity index (χ2n) is 3.65. The maximum Gasteiger partial charge on any atom is 0.186 e. The first kappa shape index (κ1) is 14.2. The maximum atomic E-state index is 9.56. The molecule has 1 fully saturated rings. The molecule has 5 atom stereocenters. The van der Waals surface area contributed by atoms with Crippen LogP contribution in [0.5, 0.6) is 0 Å². The van der Waals surface area contributed by atoms with Crippen molar-refractivity contribution in [2.24, 2.45) is 0 Å². The van der Waals surface area contributed by atoms with Gasteiger partial charge in [-0.3, -0.25) is 0 Å². The lowest BCUT2D eigenvalue weighted by Gasteiger charge is -2.39. The molecular weight excluding hydrogens is 236 g/mol. The van der Waals surface area contributed by atoms with Crippen molar-refractivity contribution in [3.63, 3.8) is 0 Å². The van der Waals surface area contributed by atoms with Crippen LogP contribution in [-0.4, -0.2) is 70.1 Å². The zero-order chi connectivity index (χ0) is 12.1.